The number of nitrogens with one attached hydrogen (secondary N) is 2. The Kier molecular flexibility index (Phi) is 5.87. The molecule has 2 amide bonds. The summed E-state index contributed by atoms with van der Waals surface area (Å²) in [7, 11) is 4.96. The topological polar surface area (TPSA) is 70.7 Å². The molecule has 0 bridgehead atoms. The number of ether oxygens (including phenoxy) is 1. The van der Waals surface area contributed by atoms with Crippen molar-refractivity contribution >= 4 is 29.1 Å². The van der Waals surface area contributed by atoms with Crippen LogP contribution in [0.25, 0.3) is 0 Å². The summed E-state index contributed by atoms with van der Waals surface area (Å²) in [6.07, 6.45) is 0. The first-order valence-corrected chi connectivity index (χ1v) is 9.84. The van der Waals surface area contributed by atoms with E-state index in [-0.39, 0.29) is 17.7 Å². The lowest BCUT2D eigenvalue weighted by Gasteiger charge is -2.36. The van der Waals surface area contributed by atoms with Crippen LogP contribution in [0.3, 0.4) is 0 Å². The quantitative estimate of drug-likeness (QED) is 0.759. The number of hydrogen-bond donors (Lipinski definition) is 2. The lowest BCUT2D eigenvalue weighted by molar-refractivity contribution is -0.133. The second-order valence-electron chi connectivity index (χ2n) is 7.69. The van der Waals surface area contributed by atoms with Crippen molar-refractivity contribution in [2.24, 2.45) is 5.92 Å². The number of amides is 2. The molecule has 1 aliphatic heterocycles. The second kappa shape index (κ2) is 8.05. The van der Waals surface area contributed by atoms with Crippen LogP contribution in [0.4, 0.5) is 5.69 Å². The van der Waals surface area contributed by atoms with Crippen LogP contribution >= 0.6 is 11.6 Å². The lowest BCUT2D eigenvalue weighted by Crippen LogP contribution is -2.59. The Balaban J connectivity index is 2.28. The van der Waals surface area contributed by atoms with Crippen LogP contribution in [-0.4, -0.2) is 44.0 Å². The van der Waals surface area contributed by atoms with E-state index in [4.69, 9.17) is 16.3 Å². The number of rotatable bonds is 6. The molecule has 2 aromatic carbocycles. The van der Waals surface area contributed by atoms with Crippen LogP contribution in [0, 0.1) is 5.92 Å². The number of likely N-dealkylation sites (N-methyl/N-ethyl adjacent to an activating group) is 1. The maximum Gasteiger partial charge on any atom is 0.254 e. The molecule has 0 aliphatic carbocycles. The highest BCUT2D eigenvalue weighted by molar-refractivity contribution is 6.31. The summed E-state index contributed by atoms with van der Waals surface area (Å²) in [5.74, 6) is 0.0873. The van der Waals surface area contributed by atoms with Gasteiger partial charge in [0, 0.05) is 35.9 Å². The minimum absolute atomic E-state index is 0.0625. The van der Waals surface area contributed by atoms with Crippen molar-refractivity contribution in [3.63, 3.8) is 0 Å². The predicted molar refractivity (Wildman–Crippen MR) is 114 cm³/mol. The van der Waals surface area contributed by atoms with Crippen molar-refractivity contribution < 1.29 is 14.3 Å². The minimum atomic E-state index is -1.33. The molecule has 0 spiro atoms. The molecule has 6 nitrogen and oxygen atoms in total. The van der Waals surface area contributed by atoms with Gasteiger partial charge in [0.1, 0.15) is 5.75 Å². The number of halogens is 1. The summed E-state index contributed by atoms with van der Waals surface area (Å²) >= 11 is 6.30. The summed E-state index contributed by atoms with van der Waals surface area (Å²) in [6.45, 7) is 3.89. The molecule has 0 saturated heterocycles. The maximum absolute atomic E-state index is 13.5. The average molecular weight is 416 g/mol. The van der Waals surface area contributed by atoms with Gasteiger partial charge in [0.2, 0.25) is 5.91 Å². The van der Waals surface area contributed by atoms with Crippen molar-refractivity contribution in [1.29, 1.82) is 0 Å². The first-order valence-electron chi connectivity index (χ1n) is 9.46. The Bertz CT molecular complexity index is 945. The number of anilines is 1. The van der Waals surface area contributed by atoms with E-state index in [0.29, 0.717) is 27.6 Å². The predicted octanol–water partition coefficient (Wildman–Crippen LogP) is 3.25. The molecule has 0 aromatic heterocycles. The van der Waals surface area contributed by atoms with Gasteiger partial charge in [0.15, 0.2) is 5.54 Å². The first kappa shape index (κ1) is 21.1. The third-order valence-electron chi connectivity index (χ3n) is 5.23. The van der Waals surface area contributed by atoms with Gasteiger partial charge < -0.3 is 15.0 Å². The zero-order valence-electron chi connectivity index (χ0n) is 17.2. The average Bonchev–Trinajstić information content (AvgIpc) is 2.96. The summed E-state index contributed by atoms with van der Waals surface area (Å²) in [5, 5.41) is 6.83. The van der Waals surface area contributed by atoms with E-state index in [0.717, 1.165) is 0 Å². The molecule has 1 aliphatic rings. The smallest absolute Gasteiger partial charge is 0.254 e. The molecule has 1 heterocycles. The fraction of sp³-hybridized carbons (Fsp3) is 0.364. The van der Waals surface area contributed by atoms with Crippen molar-refractivity contribution in [2.75, 3.05) is 26.5 Å². The number of fused-ring (bicyclic) bond motifs is 1. The minimum Gasteiger partial charge on any atom is -0.496 e. The Morgan fingerprint density at radius 1 is 1.17 bits per heavy atom. The molecule has 0 radical (unpaired) electrons. The molecule has 3 rings (SSSR count). The summed E-state index contributed by atoms with van der Waals surface area (Å²) in [6, 6.07) is 12.0. The van der Waals surface area contributed by atoms with Crippen LogP contribution in [0.2, 0.25) is 5.02 Å². The normalized spacial score (nSPS) is 18.9. The largest absolute Gasteiger partial charge is 0.496 e. The number of hydrogen-bond acceptors (Lipinski definition) is 4. The maximum atomic E-state index is 13.5. The summed E-state index contributed by atoms with van der Waals surface area (Å²) in [5.41, 5.74) is 0.612. The van der Waals surface area contributed by atoms with Crippen LogP contribution in [-0.2, 0) is 15.1 Å². The van der Waals surface area contributed by atoms with Gasteiger partial charge in [0.25, 0.3) is 5.91 Å². The fourth-order valence-corrected chi connectivity index (χ4v) is 3.91. The molecular weight excluding hydrogens is 390 g/mol. The van der Waals surface area contributed by atoms with Gasteiger partial charge in [-0.2, -0.15) is 0 Å². The second-order valence-corrected chi connectivity index (χ2v) is 8.13. The first-order chi connectivity index (χ1) is 13.7. The van der Waals surface area contributed by atoms with Gasteiger partial charge in [-0.3, -0.25) is 14.9 Å². The van der Waals surface area contributed by atoms with Crippen molar-refractivity contribution in [3.05, 3.63) is 58.6 Å². The SMILES string of the molecule is COc1ccccc1C1(N[C@H](C(=O)N(C)C)C(C)C)C(=O)Nc2ccc(Cl)cc21. The van der Waals surface area contributed by atoms with E-state index in [2.05, 4.69) is 10.6 Å². The van der Waals surface area contributed by atoms with Crippen molar-refractivity contribution in [3.8, 4) is 5.75 Å². The van der Waals surface area contributed by atoms with Gasteiger partial charge in [-0.1, -0.05) is 43.6 Å². The Hall–Kier alpha value is -2.57. The molecule has 0 fully saturated rings. The molecule has 2 atom stereocenters. The number of carbonyl (C=O) groups excluding carboxylic acids is 2. The van der Waals surface area contributed by atoms with Gasteiger partial charge in [-0.05, 0) is 30.2 Å². The molecule has 2 N–H and O–H groups in total. The van der Waals surface area contributed by atoms with Crippen LogP contribution in [0.1, 0.15) is 25.0 Å². The van der Waals surface area contributed by atoms with Gasteiger partial charge in [-0.25, -0.2) is 0 Å². The van der Waals surface area contributed by atoms with Crippen molar-refractivity contribution in [1.82, 2.24) is 10.2 Å². The number of methoxy groups -OCH3 is 1. The number of para-hydroxylation sites is 1. The molecule has 0 saturated carbocycles. The highest BCUT2D eigenvalue weighted by Crippen LogP contribution is 2.45. The Morgan fingerprint density at radius 2 is 1.86 bits per heavy atom. The number of nitrogens with zero attached hydrogens (tertiary/aromatic N) is 1. The van der Waals surface area contributed by atoms with E-state index < -0.39 is 11.6 Å². The van der Waals surface area contributed by atoms with E-state index in [1.165, 1.54) is 4.90 Å². The Labute approximate surface area is 176 Å². The third kappa shape index (κ3) is 3.58. The van der Waals surface area contributed by atoms with Gasteiger partial charge in [-0.15, -0.1) is 0 Å². The molecule has 2 aromatic rings. The monoisotopic (exact) mass is 415 g/mol. The Morgan fingerprint density at radius 3 is 2.48 bits per heavy atom. The lowest BCUT2D eigenvalue weighted by atomic mass is 9.81. The molecule has 154 valence electrons. The van der Waals surface area contributed by atoms with E-state index >= 15 is 0 Å². The van der Waals surface area contributed by atoms with E-state index in [9.17, 15) is 9.59 Å². The van der Waals surface area contributed by atoms with Crippen LogP contribution in [0.15, 0.2) is 42.5 Å². The van der Waals surface area contributed by atoms with Gasteiger partial charge >= 0.3 is 0 Å². The van der Waals surface area contributed by atoms with Gasteiger partial charge in [0.05, 0.1) is 13.2 Å². The van der Waals surface area contributed by atoms with Crippen molar-refractivity contribution in [2.45, 2.75) is 25.4 Å². The van der Waals surface area contributed by atoms with E-state index in [1.54, 1.807) is 45.5 Å². The standard InChI is InChI=1S/C22H26ClN3O3/c1-13(2)19(20(27)26(3)4)25-22(15-8-6-7-9-18(15)29-5)16-12-14(23)10-11-17(16)24-21(22)28/h6-13,19,25H,1-5H3,(H,24,28)/t19-,22?/m0/s1. The zero-order chi connectivity index (χ0) is 21.3. The number of carbonyl (C=O) groups is 2. The van der Waals surface area contributed by atoms with Crippen LogP contribution in [0.5, 0.6) is 5.75 Å². The highest BCUT2D eigenvalue weighted by Gasteiger charge is 2.52. The summed E-state index contributed by atoms with van der Waals surface area (Å²) < 4.78 is 5.58. The molecule has 7 heteroatoms. The number of benzene rings is 2. The molecular formula is C22H26ClN3O3. The third-order valence-corrected chi connectivity index (χ3v) is 5.47. The highest BCUT2D eigenvalue weighted by atomic mass is 35.5. The molecule has 29 heavy (non-hydrogen) atoms. The molecule has 1 unspecified atom stereocenters. The van der Waals surface area contributed by atoms with E-state index in [1.807, 2.05) is 32.0 Å². The van der Waals surface area contributed by atoms with Crippen LogP contribution < -0.4 is 15.4 Å². The fourth-order valence-electron chi connectivity index (χ4n) is 3.74. The summed E-state index contributed by atoms with van der Waals surface area (Å²) in [4.78, 5) is 28.0. The zero-order valence-corrected chi connectivity index (χ0v) is 18.0.